The number of hydrogen-bond acceptors (Lipinski definition) is 5. The average molecular weight is 316 g/mol. The zero-order valence-electron chi connectivity index (χ0n) is 12.7. The summed E-state index contributed by atoms with van der Waals surface area (Å²) in [5.41, 5.74) is 4.04. The SMILES string of the molecule is CC(=O)NCc1ccc([C@H]2CCCN2Cc2cncs2)nc1. The van der Waals surface area contributed by atoms with Crippen LogP contribution in [-0.4, -0.2) is 27.3 Å². The summed E-state index contributed by atoms with van der Waals surface area (Å²) in [6, 6.07) is 4.53. The minimum atomic E-state index is -0.0180. The number of rotatable bonds is 5. The summed E-state index contributed by atoms with van der Waals surface area (Å²) in [5.74, 6) is -0.0180. The molecule has 6 heteroatoms. The molecule has 1 amide bonds. The summed E-state index contributed by atoms with van der Waals surface area (Å²) in [7, 11) is 0. The van der Waals surface area contributed by atoms with Crippen molar-refractivity contribution in [1.29, 1.82) is 0 Å². The van der Waals surface area contributed by atoms with Gasteiger partial charge in [0.05, 0.1) is 17.2 Å². The third-order valence-corrected chi connectivity index (χ3v) is 4.70. The summed E-state index contributed by atoms with van der Waals surface area (Å²) in [6.07, 6.45) is 6.17. The molecule has 1 aliphatic rings. The Morgan fingerprint density at radius 3 is 3.05 bits per heavy atom. The van der Waals surface area contributed by atoms with Gasteiger partial charge < -0.3 is 5.32 Å². The smallest absolute Gasteiger partial charge is 0.217 e. The molecule has 0 saturated carbocycles. The zero-order chi connectivity index (χ0) is 15.4. The molecule has 22 heavy (non-hydrogen) atoms. The highest BCUT2D eigenvalue weighted by atomic mass is 32.1. The van der Waals surface area contributed by atoms with Crippen LogP contribution in [-0.2, 0) is 17.9 Å². The molecule has 5 nitrogen and oxygen atoms in total. The second-order valence-electron chi connectivity index (χ2n) is 5.60. The fourth-order valence-electron chi connectivity index (χ4n) is 2.83. The number of pyridine rings is 1. The van der Waals surface area contributed by atoms with E-state index >= 15 is 0 Å². The van der Waals surface area contributed by atoms with Crippen molar-refractivity contribution in [3.8, 4) is 0 Å². The van der Waals surface area contributed by atoms with Crippen LogP contribution in [0.1, 0.15) is 41.9 Å². The van der Waals surface area contributed by atoms with Crippen molar-refractivity contribution < 1.29 is 4.79 Å². The lowest BCUT2D eigenvalue weighted by Gasteiger charge is -2.23. The Kier molecular flexibility index (Phi) is 4.80. The van der Waals surface area contributed by atoms with Gasteiger partial charge in [0.15, 0.2) is 0 Å². The number of carbonyl (C=O) groups excluding carboxylic acids is 1. The van der Waals surface area contributed by atoms with Gasteiger partial charge in [0.2, 0.25) is 5.91 Å². The minimum absolute atomic E-state index is 0.0180. The van der Waals surface area contributed by atoms with Gasteiger partial charge in [0, 0.05) is 37.3 Å². The molecule has 2 aromatic heterocycles. The fraction of sp³-hybridized carbons (Fsp3) is 0.438. The molecular formula is C16H20N4OS. The van der Waals surface area contributed by atoms with Crippen molar-refractivity contribution in [3.05, 3.63) is 46.2 Å². The van der Waals surface area contributed by atoms with Gasteiger partial charge in [0.1, 0.15) is 0 Å². The summed E-state index contributed by atoms with van der Waals surface area (Å²) in [6.45, 7) is 4.12. The van der Waals surface area contributed by atoms with E-state index in [2.05, 4.69) is 32.3 Å². The van der Waals surface area contributed by atoms with Gasteiger partial charge in [-0.1, -0.05) is 6.07 Å². The van der Waals surface area contributed by atoms with Crippen molar-refractivity contribution in [2.75, 3.05) is 6.54 Å². The highest BCUT2D eigenvalue weighted by Gasteiger charge is 2.27. The van der Waals surface area contributed by atoms with Gasteiger partial charge in [-0.25, -0.2) is 0 Å². The lowest BCUT2D eigenvalue weighted by atomic mass is 10.1. The quantitative estimate of drug-likeness (QED) is 0.921. The fourth-order valence-corrected chi connectivity index (χ4v) is 3.45. The molecule has 2 aromatic rings. The first kappa shape index (κ1) is 15.1. The van der Waals surface area contributed by atoms with Crippen molar-refractivity contribution >= 4 is 17.2 Å². The second kappa shape index (κ2) is 6.98. The van der Waals surface area contributed by atoms with E-state index in [9.17, 15) is 4.79 Å². The Balaban J connectivity index is 1.65. The minimum Gasteiger partial charge on any atom is -0.352 e. The molecule has 1 N–H and O–H groups in total. The number of aromatic nitrogens is 2. The number of carbonyl (C=O) groups is 1. The Bertz CT molecular complexity index is 612. The van der Waals surface area contributed by atoms with E-state index in [-0.39, 0.29) is 5.91 Å². The molecule has 0 radical (unpaired) electrons. The highest BCUT2D eigenvalue weighted by Crippen LogP contribution is 2.32. The molecule has 1 saturated heterocycles. The monoisotopic (exact) mass is 316 g/mol. The Labute approximate surface area is 134 Å². The number of thiazole rings is 1. The first-order valence-electron chi connectivity index (χ1n) is 7.53. The van der Waals surface area contributed by atoms with E-state index in [0.717, 1.165) is 30.8 Å². The number of likely N-dealkylation sites (tertiary alicyclic amines) is 1. The van der Waals surface area contributed by atoms with Crippen molar-refractivity contribution in [2.24, 2.45) is 0 Å². The molecule has 116 valence electrons. The molecule has 1 atom stereocenters. The predicted octanol–water partition coefficient (Wildman–Crippen LogP) is 2.51. The summed E-state index contributed by atoms with van der Waals surface area (Å²) in [4.78, 5) is 23.5. The van der Waals surface area contributed by atoms with Crippen LogP contribution in [0.2, 0.25) is 0 Å². The van der Waals surface area contributed by atoms with E-state index in [1.54, 1.807) is 11.3 Å². The van der Waals surface area contributed by atoms with E-state index < -0.39 is 0 Å². The number of hydrogen-bond donors (Lipinski definition) is 1. The summed E-state index contributed by atoms with van der Waals surface area (Å²) >= 11 is 1.71. The largest absolute Gasteiger partial charge is 0.352 e. The van der Waals surface area contributed by atoms with Gasteiger partial charge in [-0.15, -0.1) is 11.3 Å². The number of nitrogens with zero attached hydrogens (tertiary/aromatic N) is 3. The molecule has 0 aromatic carbocycles. The molecule has 1 aliphatic heterocycles. The van der Waals surface area contributed by atoms with Gasteiger partial charge in [0.25, 0.3) is 0 Å². The first-order chi connectivity index (χ1) is 10.7. The average Bonchev–Trinajstić information content (AvgIpc) is 3.18. The Hall–Kier alpha value is -1.79. The Morgan fingerprint density at radius 2 is 2.36 bits per heavy atom. The van der Waals surface area contributed by atoms with Gasteiger partial charge in [-0.3, -0.25) is 19.7 Å². The van der Waals surface area contributed by atoms with Crippen LogP contribution in [0.3, 0.4) is 0 Å². The number of amides is 1. The summed E-state index contributed by atoms with van der Waals surface area (Å²) < 4.78 is 0. The van der Waals surface area contributed by atoms with Crippen LogP contribution in [0.4, 0.5) is 0 Å². The second-order valence-corrected chi connectivity index (χ2v) is 6.57. The maximum Gasteiger partial charge on any atom is 0.217 e. The van der Waals surface area contributed by atoms with Crippen LogP contribution in [0.5, 0.6) is 0 Å². The molecule has 0 unspecified atom stereocenters. The van der Waals surface area contributed by atoms with Crippen molar-refractivity contribution in [1.82, 2.24) is 20.2 Å². The highest BCUT2D eigenvalue weighted by molar-refractivity contribution is 7.09. The molecule has 3 rings (SSSR count). The molecular weight excluding hydrogens is 296 g/mol. The predicted molar refractivity (Wildman–Crippen MR) is 86.3 cm³/mol. The number of nitrogens with one attached hydrogen (secondary N) is 1. The van der Waals surface area contributed by atoms with Crippen LogP contribution >= 0.6 is 11.3 Å². The Morgan fingerprint density at radius 1 is 1.45 bits per heavy atom. The molecule has 3 heterocycles. The standard InChI is InChI=1S/C16H20N4OS/c1-12(21)18-7-13-4-5-15(19-8-13)16-3-2-6-20(16)10-14-9-17-11-22-14/h4-5,8-9,11,16H,2-3,6-7,10H2,1H3,(H,18,21)/t16-/m1/s1. The lowest BCUT2D eigenvalue weighted by Crippen LogP contribution is -2.23. The summed E-state index contributed by atoms with van der Waals surface area (Å²) in [5, 5.41) is 2.79. The van der Waals surface area contributed by atoms with Crippen LogP contribution in [0, 0.1) is 0 Å². The van der Waals surface area contributed by atoms with Gasteiger partial charge >= 0.3 is 0 Å². The molecule has 0 bridgehead atoms. The third kappa shape index (κ3) is 3.69. The van der Waals surface area contributed by atoms with Crippen molar-refractivity contribution in [3.63, 3.8) is 0 Å². The van der Waals surface area contributed by atoms with Gasteiger partial charge in [-0.05, 0) is 31.0 Å². The van der Waals surface area contributed by atoms with Crippen LogP contribution in [0.15, 0.2) is 30.0 Å². The third-order valence-electron chi connectivity index (χ3n) is 3.94. The first-order valence-corrected chi connectivity index (χ1v) is 8.41. The maximum atomic E-state index is 10.9. The van der Waals surface area contributed by atoms with Gasteiger partial charge in [-0.2, -0.15) is 0 Å². The topological polar surface area (TPSA) is 58.1 Å². The molecule has 0 spiro atoms. The van der Waals surface area contributed by atoms with Crippen LogP contribution in [0.25, 0.3) is 0 Å². The van der Waals surface area contributed by atoms with Crippen LogP contribution < -0.4 is 5.32 Å². The van der Waals surface area contributed by atoms with E-state index in [0.29, 0.717) is 12.6 Å². The van der Waals surface area contributed by atoms with E-state index in [4.69, 9.17) is 0 Å². The van der Waals surface area contributed by atoms with E-state index in [1.807, 2.05) is 17.9 Å². The lowest BCUT2D eigenvalue weighted by molar-refractivity contribution is -0.119. The van der Waals surface area contributed by atoms with Crippen molar-refractivity contribution in [2.45, 2.75) is 38.9 Å². The zero-order valence-corrected chi connectivity index (χ0v) is 13.5. The maximum absolute atomic E-state index is 10.9. The normalized spacial score (nSPS) is 18.5. The van der Waals surface area contributed by atoms with E-state index in [1.165, 1.54) is 18.2 Å². The molecule has 0 aliphatic carbocycles. The molecule has 1 fully saturated rings.